The third kappa shape index (κ3) is 7.48. The Morgan fingerprint density at radius 3 is 2.40 bits per heavy atom. The number of nitrogens with zero attached hydrogens (tertiary/aromatic N) is 3. The lowest BCUT2D eigenvalue weighted by Gasteiger charge is -2.30. The van der Waals surface area contributed by atoms with Crippen LogP contribution in [0.4, 0.5) is 4.79 Å². The van der Waals surface area contributed by atoms with Crippen molar-refractivity contribution in [2.75, 3.05) is 6.54 Å². The number of carboxylic acid groups (broad SMARTS) is 1. The molecular weight excluding hydrogens is 578 g/mol. The smallest absolute Gasteiger partial charge is 0.408 e. The molecule has 5 rings (SSSR count). The summed E-state index contributed by atoms with van der Waals surface area (Å²) in [6, 6.07) is 5.55. The molecule has 3 N–H and O–H groups in total. The van der Waals surface area contributed by atoms with E-state index in [1.54, 1.807) is 20.8 Å². The fourth-order valence-electron chi connectivity index (χ4n) is 6.50. The van der Waals surface area contributed by atoms with Crippen LogP contribution in [-0.2, 0) is 25.5 Å². The zero-order valence-corrected chi connectivity index (χ0v) is 26.6. The van der Waals surface area contributed by atoms with Gasteiger partial charge < -0.3 is 30.1 Å². The zero-order chi connectivity index (χ0) is 32.4. The number of alkyl carbamates (subject to hydrolysis) is 1. The Bertz CT molecular complexity index is 1440. The average Bonchev–Trinajstić information content (AvgIpc) is 3.51. The number of rotatable bonds is 5. The van der Waals surface area contributed by atoms with Crippen LogP contribution in [0.25, 0.3) is 11.0 Å². The van der Waals surface area contributed by atoms with E-state index in [4.69, 9.17) is 14.5 Å². The largest absolute Gasteiger partial charge is 0.479 e. The number of benzene rings is 1. The number of aromatic nitrogens is 2. The van der Waals surface area contributed by atoms with Crippen molar-refractivity contribution >= 4 is 34.9 Å². The van der Waals surface area contributed by atoms with E-state index in [9.17, 15) is 24.3 Å². The quantitative estimate of drug-likeness (QED) is 0.445. The molecule has 1 aliphatic carbocycles. The highest BCUT2D eigenvalue weighted by molar-refractivity contribution is 5.96. The van der Waals surface area contributed by atoms with Crippen LogP contribution >= 0.6 is 0 Å². The number of hydrogen-bond acceptors (Lipinski definition) is 8. The Balaban J connectivity index is 1.44. The minimum absolute atomic E-state index is 0.0601. The summed E-state index contributed by atoms with van der Waals surface area (Å²) in [5.74, 6) is -1.84. The van der Waals surface area contributed by atoms with E-state index in [0.717, 1.165) is 37.6 Å². The second kappa shape index (κ2) is 13.2. The van der Waals surface area contributed by atoms with Gasteiger partial charge in [-0.1, -0.05) is 51.2 Å². The molecule has 12 nitrogen and oxygen atoms in total. The highest BCUT2D eigenvalue weighted by Gasteiger charge is 2.62. The first kappa shape index (κ1) is 32.4. The maximum Gasteiger partial charge on any atom is 0.408 e. The van der Waals surface area contributed by atoms with Crippen LogP contribution in [-0.4, -0.2) is 79.7 Å². The van der Waals surface area contributed by atoms with Crippen molar-refractivity contribution in [3.8, 4) is 5.88 Å². The van der Waals surface area contributed by atoms with Crippen molar-refractivity contribution in [3.63, 3.8) is 0 Å². The molecule has 2 aliphatic heterocycles. The van der Waals surface area contributed by atoms with Crippen molar-refractivity contribution in [1.82, 2.24) is 25.5 Å². The number of amides is 3. The summed E-state index contributed by atoms with van der Waals surface area (Å²) in [6.07, 6.45) is 5.14. The SMILES string of the molecule is CCc1nc2ccccc2nc1O[C@@H]1C[C@H]2C(=O)NC3(C(=O)O)CC3CCCCCCC[C@H](NC(=O)OC(C)(C)C)C(=O)N2C1. The number of ether oxygens (including phenoxy) is 2. The summed E-state index contributed by atoms with van der Waals surface area (Å²) in [4.78, 5) is 64.1. The van der Waals surface area contributed by atoms with Crippen LogP contribution in [0.15, 0.2) is 24.3 Å². The molecule has 1 aromatic heterocycles. The second-order valence-corrected chi connectivity index (χ2v) is 13.5. The van der Waals surface area contributed by atoms with Gasteiger partial charge in [0.25, 0.3) is 0 Å². The number of carbonyl (C=O) groups excluding carboxylic acids is 3. The third-order valence-electron chi connectivity index (χ3n) is 8.94. The molecule has 3 amide bonds. The van der Waals surface area contributed by atoms with E-state index in [2.05, 4.69) is 15.6 Å². The van der Waals surface area contributed by atoms with Crippen LogP contribution in [0, 0.1) is 5.92 Å². The molecule has 0 bridgehead atoms. The molecule has 0 spiro atoms. The topological polar surface area (TPSA) is 160 Å². The Hall–Kier alpha value is -3.96. The van der Waals surface area contributed by atoms with E-state index in [1.165, 1.54) is 4.90 Å². The van der Waals surface area contributed by atoms with Crippen molar-refractivity contribution < 1.29 is 33.8 Å². The number of nitrogens with one attached hydrogen (secondary N) is 2. The molecule has 1 saturated carbocycles. The van der Waals surface area contributed by atoms with Gasteiger partial charge in [0.1, 0.15) is 35.0 Å². The number of hydrogen-bond donors (Lipinski definition) is 3. The summed E-state index contributed by atoms with van der Waals surface area (Å²) in [5.41, 5.74) is -0.0334. The van der Waals surface area contributed by atoms with E-state index in [0.29, 0.717) is 42.8 Å². The molecule has 3 heterocycles. The average molecular weight is 624 g/mol. The number of para-hydroxylation sites is 2. The first-order chi connectivity index (χ1) is 21.4. The normalized spacial score (nSPS) is 27.8. The summed E-state index contributed by atoms with van der Waals surface area (Å²) in [6.45, 7) is 7.25. The number of carboxylic acids is 1. The molecule has 3 aliphatic rings. The molecule has 244 valence electrons. The lowest BCUT2D eigenvalue weighted by atomic mass is 10.0. The number of fused-ring (bicyclic) bond motifs is 3. The number of carbonyl (C=O) groups is 4. The molecule has 2 unspecified atom stereocenters. The Labute approximate surface area is 263 Å². The molecular formula is C33H45N5O7. The van der Waals surface area contributed by atoms with Crippen molar-refractivity contribution in [1.29, 1.82) is 0 Å². The predicted molar refractivity (Wildman–Crippen MR) is 166 cm³/mol. The first-order valence-electron chi connectivity index (χ1n) is 16.2. The molecule has 45 heavy (non-hydrogen) atoms. The fraction of sp³-hybridized carbons (Fsp3) is 0.636. The maximum absolute atomic E-state index is 14.2. The van der Waals surface area contributed by atoms with Crippen LogP contribution in [0.3, 0.4) is 0 Å². The van der Waals surface area contributed by atoms with Gasteiger partial charge in [-0.15, -0.1) is 0 Å². The van der Waals surface area contributed by atoms with Crippen LogP contribution in [0.5, 0.6) is 5.88 Å². The van der Waals surface area contributed by atoms with Gasteiger partial charge in [-0.2, -0.15) is 0 Å². The van der Waals surface area contributed by atoms with Gasteiger partial charge >= 0.3 is 12.1 Å². The van der Waals surface area contributed by atoms with Gasteiger partial charge in [-0.25, -0.2) is 19.6 Å². The molecule has 2 aromatic rings. The first-order valence-corrected chi connectivity index (χ1v) is 16.2. The lowest BCUT2D eigenvalue weighted by molar-refractivity contribution is -0.146. The van der Waals surface area contributed by atoms with Crippen LogP contribution < -0.4 is 15.4 Å². The molecule has 12 heteroatoms. The van der Waals surface area contributed by atoms with E-state index in [-0.39, 0.29) is 18.9 Å². The summed E-state index contributed by atoms with van der Waals surface area (Å²) in [5, 5.41) is 15.7. The number of aryl methyl sites for hydroxylation is 1. The van der Waals surface area contributed by atoms with E-state index < -0.39 is 53.2 Å². The van der Waals surface area contributed by atoms with Crippen LogP contribution in [0.2, 0.25) is 0 Å². The van der Waals surface area contributed by atoms with Crippen LogP contribution in [0.1, 0.15) is 91.2 Å². The highest BCUT2D eigenvalue weighted by atomic mass is 16.6. The van der Waals surface area contributed by atoms with Gasteiger partial charge in [0.2, 0.25) is 17.7 Å². The fourth-order valence-corrected chi connectivity index (χ4v) is 6.50. The minimum atomic E-state index is -1.34. The van der Waals surface area contributed by atoms with Crippen molar-refractivity contribution in [3.05, 3.63) is 30.0 Å². The second-order valence-electron chi connectivity index (χ2n) is 13.5. The predicted octanol–water partition coefficient (Wildman–Crippen LogP) is 4.14. The Morgan fingerprint density at radius 2 is 1.73 bits per heavy atom. The Kier molecular flexibility index (Phi) is 9.50. The van der Waals surface area contributed by atoms with Crippen molar-refractivity contribution in [2.45, 2.75) is 121 Å². The monoisotopic (exact) mass is 623 g/mol. The highest BCUT2D eigenvalue weighted by Crippen LogP contribution is 2.47. The van der Waals surface area contributed by atoms with Crippen molar-refractivity contribution in [2.24, 2.45) is 5.92 Å². The molecule has 0 radical (unpaired) electrons. The van der Waals surface area contributed by atoms with E-state index in [1.807, 2.05) is 31.2 Å². The molecule has 5 atom stereocenters. The van der Waals surface area contributed by atoms with Gasteiger partial charge in [0.15, 0.2) is 0 Å². The minimum Gasteiger partial charge on any atom is -0.479 e. The molecule has 3 fully saturated rings. The third-order valence-corrected chi connectivity index (χ3v) is 8.94. The van der Waals surface area contributed by atoms with Gasteiger partial charge in [0, 0.05) is 6.42 Å². The zero-order valence-electron chi connectivity index (χ0n) is 26.6. The Morgan fingerprint density at radius 1 is 1.07 bits per heavy atom. The maximum atomic E-state index is 14.2. The molecule has 2 saturated heterocycles. The summed E-state index contributed by atoms with van der Waals surface area (Å²) >= 11 is 0. The van der Waals surface area contributed by atoms with Gasteiger partial charge in [0.05, 0.1) is 17.6 Å². The number of aliphatic carboxylic acids is 1. The van der Waals surface area contributed by atoms with Gasteiger partial charge in [-0.05, 0) is 64.5 Å². The van der Waals surface area contributed by atoms with Gasteiger partial charge in [-0.3, -0.25) is 9.59 Å². The summed E-state index contributed by atoms with van der Waals surface area (Å²) in [7, 11) is 0. The van der Waals surface area contributed by atoms with E-state index >= 15 is 0 Å². The standard InChI is InChI=1S/C33H45N5O7/c1-5-22-28(35-24-15-12-11-14-23(24)34-22)44-21-17-26-27(39)37-33(30(41)42)18-20(33)13-9-7-6-8-10-16-25(29(40)38(26)19-21)36-31(43)45-32(2,3)4/h11-12,14-15,20-21,25-26H,5-10,13,16-19H2,1-4H3,(H,36,43)(H,37,39)(H,41,42)/t20?,21-,25+,26+,33?/m1/s1. The summed E-state index contributed by atoms with van der Waals surface area (Å²) < 4.78 is 11.8. The molecule has 1 aromatic carbocycles. The lowest BCUT2D eigenvalue weighted by Crippen LogP contribution is -2.56.